The summed E-state index contributed by atoms with van der Waals surface area (Å²) in [5, 5.41) is 6.60. The van der Waals surface area contributed by atoms with E-state index >= 15 is 0 Å². The van der Waals surface area contributed by atoms with Crippen molar-refractivity contribution in [3.63, 3.8) is 0 Å². The van der Waals surface area contributed by atoms with E-state index in [0.717, 1.165) is 17.4 Å². The van der Waals surface area contributed by atoms with E-state index in [2.05, 4.69) is 53.7 Å². The molecular formula is C20H27N3OS. The van der Waals surface area contributed by atoms with Crippen molar-refractivity contribution >= 4 is 16.8 Å². The molecule has 1 unspecified atom stereocenters. The van der Waals surface area contributed by atoms with E-state index in [4.69, 9.17) is 0 Å². The molecule has 0 radical (unpaired) electrons. The van der Waals surface area contributed by atoms with Crippen LogP contribution in [0.15, 0.2) is 70.6 Å². The van der Waals surface area contributed by atoms with Crippen LogP contribution < -0.4 is 10.6 Å². The van der Waals surface area contributed by atoms with E-state index in [1.807, 2.05) is 36.4 Å². The molecule has 2 rings (SSSR count). The quantitative estimate of drug-likeness (QED) is 0.592. The third kappa shape index (κ3) is 6.02. The molecular weight excluding hydrogens is 330 g/mol. The number of guanidine groups is 1. The van der Waals surface area contributed by atoms with Gasteiger partial charge in [0.05, 0.1) is 10.8 Å². The second kappa shape index (κ2) is 9.37. The summed E-state index contributed by atoms with van der Waals surface area (Å²) in [5.41, 5.74) is 1.27. The van der Waals surface area contributed by atoms with Crippen LogP contribution in [0.2, 0.25) is 0 Å². The second-order valence-corrected chi connectivity index (χ2v) is 8.04. The minimum atomic E-state index is -0.998. The average molecular weight is 358 g/mol. The molecule has 2 aromatic carbocycles. The summed E-state index contributed by atoms with van der Waals surface area (Å²) >= 11 is 0. The topological polar surface area (TPSA) is 53.5 Å². The molecule has 2 aromatic rings. The first-order valence-corrected chi connectivity index (χ1v) is 9.78. The molecule has 0 saturated heterocycles. The van der Waals surface area contributed by atoms with Crippen LogP contribution in [0.5, 0.6) is 0 Å². The smallest absolute Gasteiger partial charge is 0.191 e. The highest BCUT2D eigenvalue weighted by atomic mass is 32.2. The summed E-state index contributed by atoms with van der Waals surface area (Å²) in [7, 11) is 0.751. The van der Waals surface area contributed by atoms with Crippen LogP contribution in [0, 0.1) is 0 Å². The van der Waals surface area contributed by atoms with E-state index < -0.39 is 10.8 Å². The average Bonchev–Trinajstić information content (AvgIpc) is 2.65. The molecule has 0 amide bonds. The predicted octanol–water partition coefficient (Wildman–Crippen LogP) is 2.94. The third-order valence-electron chi connectivity index (χ3n) is 4.06. The maximum atomic E-state index is 12.2. The first kappa shape index (κ1) is 19.2. The lowest BCUT2D eigenvalue weighted by atomic mass is 9.85. The van der Waals surface area contributed by atoms with Gasteiger partial charge >= 0.3 is 0 Å². The number of rotatable bonds is 7. The normalized spacial score (nSPS) is 13.3. The van der Waals surface area contributed by atoms with Crippen LogP contribution in [-0.4, -0.2) is 36.1 Å². The van der Waals surface area contributed by atoms with Gasteiger partial charge in [-0.05, 0) is 17.7 Å². The van der Waals surface area contributed by atoms with Crippen LogP contribution in [0.4, 0.5) is 0 Å². The van der Waals surface area contributed by atoms with Gasteiger partial charge in [-0.25, -0.2) is 0 Å². The van der Waals surface area contributed by atoms with Crippen molar-refractivity contribution in [2.75, 3.05) is 25.9 Å². The zero-order valence-electron chi connectivity index (χ0n) is 15.2. The molecule has 134 valence electrons. The fraction of sp³-hybridized carbons (Fsp3) is 0.350. The van der Waals surface area contributed by atoms with Crippen molar-refractivity contribution in [3.05, 3.63) is 66.2 Å². The van der Waals surface area contributed by atoms with Gasteiger partial charge in [-0.3, -0.25) is 9.20 Å². The number of benzene rings is 2. The molecule has 0 aromatic heterocycles. The lowest BCUT2D eigenvalue weighted by Gasteiger charge is -2.26. The molecule has 0 aliphatic carbocycles. The Morgan fingerprint density at radius 3 is 2.20 bits per heavy atom. The zero-order valence-corrected chi connectivity index (χ0v) is 16.0. The molecule has 4 nitrogen and oxygen atoms in total. The number of hydrogen-bond donors (Lipinski definition) is 2. The molecule has 0 bridgehead atoms. The molecule has 0 fully saturated rings. The second-order valence-electron chi connectivity index (χ2n) is 6.47. The van der Waals surface area contributed by atoms with Crippen LogP contribution >= 0.6 is 0 Å². The van der Waals surface area contributed by atoms with E-state index in [1.54, 1.807) is 7.05 Å². The third-order valence-corrected chi connectivity index (χ3v) is 5.44. The van der Waals surface area contributed by atoms with Crippen molar-refractivity contribution in [2.24, 2.45) is 4.99 Å². The Bertz CT molecular complexity index is 699. The van der Waals surface area contributed by atoms with Crippen molar-refractivity contribution < 1.29 is 4.21 Å². The van der Waals surface area contributed by atoms with Crippen LogP contribution in [0.3, 0.4) is 0 Å². The van der Waals surface area contributed by atoms with E-state index in [-0.39, 0.29) is 5.41 Å². The number of aliphatic imine (C=N–C) groups is 1. The van der Waals surface area contributed by atoms with Gasteiger partial charge < -0.3 is 10.6 Å². The Kier molecular flexibility index (Phi) is 7.19. The summed E-state index contributed by atoms with van der Waals surface area (Å²) in [4.78, 5) is 5.11. The fourth-order valence-corrected chi connectivity index (χ4v) is 3.45. The van der Waals surface area contributed by atoms with E-state index in [0.29, 0.717) is 12.3 Å². The standard InChI is InChI=1S/C20H27N3OS/c1-20(2,17-10-6-4-7-11-17)16-23-19(21-3)22-14-15-25(24)18-12-8-5-9-13-18/h4-13H,14-16H2,1-3H3,(H2,21,22,23). The van der Waals surface area contributed by atoms with Crippen molar-refractivity contribution in [2.45, 2.75) is 24.2 Å². The maximum Gasteiger partial charge on any atom is 0.191 e. The molecule has 0 heterocycles. The largest absolute Gasteiger partial charge is 0.356 e. The Labute approximate surface area is 153 Å². The van der Waals surface area contributed by atoms with E-state index in [9.17, 15) is 4.21 Å². The molecule has 1 atom stereocenters. The van der Waals surface area contributed by atoms with Gasteiger partial charge in [0.1, 0.15) is 0 Å². The minimum Gasteiger partial charge on any atom is -0.356 e. The van der Waals surface area contributed by atoms with Crippen molar-refractivity contribution in [3.8, 4) is 0 Å². The number of nitrogens with zero attached hydrogens (tertiary/aromatic N) is 1. The van der Waals surface area contributed by atoms with Gasteiger partial charge in [0.15, 0.2) is 5.96 Å². The predicted molar refractivity (Wildman–Crippen MR) is 107 cm³/mol. The lowest BCUT2D eigenvalue weighted by molar-refractivity contribution is 0.509. The SMILES string of the molecule is CN=C(NCCS(=O)c1ccccc1)NCC(C)(C)c1ccccc1. The van der Waals surface area contributed by atoms with Gasteiger partial charge in [-0.2, -0.15) is 0 Å². The molecule has 25 heavy (non-hydrogen) atoms. The molecule has 5 heteroatoms. The fourth-order valence-electron chi connectivity index (χ4n) is 2.47. The molecule has 0 aliphatic heterocycles. The summed E-state index contributed by atoms with van der Waals surface area (Å²) in [6.45, 7) is 5.77. The molecule has 0 saturated carbocycles. The maximum absolute atomic E-state index is 12.2. The summed E-state index contributed by atoms with van der Waals surface area (Å²) in [5.74, 6) is 1.28. The first-order chi connectivity index (χ1) is 12.0. The molecule has 0 aliphatic rings. The monoisotopic (exact) mass is 357 g/mol. The Balaban J connectivity index is 1.80. The Morgan fingerprint density at radius 2 is 1.60 bits per heavy atom. The summed E-state index contributed by atoms with van der Waals surface area (Å²) in [6, 6.07) is 20.0. The first-order valence-electron chi connectivity index (χ1n) is 8.46. The van der Waals surface area contributed by atoms with Crippen LogP contribution in [0.25, 0.3) is 0 Å². The Morgan fingerprint density at radius 1 is 1.00 bits per heavy atom. The molecule has 2 N–H and O–H groups in total. The highest BCUT2D eigenvalue weighted by Gasteiger charge is 2.20. The van der Waals surface area contributed by atoms with Crippen molar-refractivity contribution in [1.82, 2.24) is 10.6 Å². The summed E-state index contributed by atoms with van der Waals surface area (Å²) < 4.78 is 12.2. The summed E-state index contributed by atoms with van der Waals surface area (Å²) in [6.07, 6.45) is 0. The van der Waals surface area contributed by atoms with Crippen LogP contribution in [0.1, 0.15) is 19.4 Å². The zero-order chi connectivity index (χ0) is 18.1. The number of hydrogen-bond acceptors (Lipinski definition) is 2. The van der Waals surface area contributed by atoms with E-state index in [1.165, 1.54) is 5.56 Å². The highest BCUT2D eigenvalue weighted by molar-refractivity contribution is 7.85. The number of nitrogens with one attached hydrogen (secondary N) is 2. The van der Waals surface area contributed by atoms with Crippen LogP contribution in [-0.2, 0) is 16.2 Å². The minimum absolute atomic E-state index is 0.00820. The van der Waals surface area contributed by atoms with Gasteiger partial charge in [-0.1, -0.05) is 62.4 Å². The highest BCUT2D eigenvalue weighted by Crippen LogP contribution is 2.21. The van der Waals surface area contributed by atoms with Gasteiger partial charge in [0, 0.05) is 36.2 Å². The van der Waals surface area contributed by atoms with Gasteiger partial charge in [-0.15, -0.1) is 0 Å². The molecule has 0 spiro atoms. The lowest BCUT2D eigenvalue weighted by Crippen LogP contribution is -2.44. The van der Waals surface area contributed by atoms with Gasteiger partial charge in [0.25, 0.3) is 0 Å². The van der Waals surface area contributed by atoms with Crippen molar-refractivity contribution in [1.29, 1.82) is 0 Å². The Hall–Kier alpha value is -2.14. The van der Waals surface area contributed by atoms with Gasteiger partial charge in [0.2, 0.25) is 0 Å².